The Bertz CT molecular complexity index is 182. The second-order valence-corrected chi connectivity index (χ2v) is 4.14. The number of hydrogen-bond donors (Lipinski definition) is 1. The van der Waals surface area contributed by atoms with Crippen molar-refractivity contribution in [3.63, 3.8) is 0 Å². The van der Waals surface area contributed by atoms with E-state index in [2.05, 4.69) is 12.2 Å². The van der Waals surface area contributed by atoms with Gasteiger partial charge in [-0.25, -0.2) is 0 Å². The van der Waals surface area contributed by atoms with Gasteiger partial charge in [0.25, 0.3) is 0 Å². The largest absolute Gasteiger partial charge is 0.401 e. The molecule has 0 saturated carbocycles. The van der Waals surface area contributed by atoms with Gasteiger partial charge in [-0.15, -0.1) is 0 Å². The highest BCUT2D eigenvalue weighted by atomic mass is 19.4. The second-order valence-electron chi connectivity index (χ2n) is 4.14. The molecule has 0 aliphatic carbocycles. The van der Waals surface area contributed by atoms with E-state index in [1.165, 1.54) is 4.90 Å². The van der Waals surface area contributed by atoms with Gasteiger partial charge in [-0.1, -0.05) is 6.92 Å². The van der Waals surface area contributed by atoms with Crippen molar-refractivity contribution < 1.29 is 13.2 Å². The number of hydrogen-bond acceptors (Lipinski definition) is 2. The van der Waals surface area contributed by atoms with E-state index in [0.717, 1.165) is 25.8 Å². The maximum atomic E-state index is 12.2. The molecule has 0 aromatic heterocycles. The van der Waals surface area contributed by atoms with Gasteiger partial charge >= 0.3 is 6.18 Å². The molecule has 1 heterocycles. The lowest BCUT2D eigenvalue weighted by Gasteiger charge is -2.33. The average Bonchev–Trinajstić information content (AvgIpc) is 2.12. The minimum absolute atomic E-state index is 0.237. The highest BCUT2D eigenvalue weighted by Crippen LogP contribution is 2.19. The first-order valence-electron chi connectivity index (χ1n) is 5.54. The molecule has 0 radical (unpaired) electrons. The zero-order chi connectivity index (χ0) is 11.3. The molecule has 0 bridgehead atoms. The summed E-state index contributed by atoms with van der Waals surface area (Å²) < 4.78 is 36.5. The molecule has 0 aromatic carbocycles. The molecular weight excluding hydrogens is 205 g/mol. The normalized spacial score (nSPS) is 24.4. The van der Waals surface area contributed by atoms with Crippen molar-refractivity contribution in [1.82, 2.24) is 10.2 Å². The number of likely N-dealkylation sites (tertiary alicyclic amines) is 1. The Balaban J connectivity index is 2.29. The van der Waals surface area contributed by atoms with Gasteiger partial charge in [-0.3, -0.25) is 4.90 Å². The summed E-state index contributed by atoms with van der Waals surface area (Å²) in [6.45, 7) is 3.29. The van der Waals surface area contributed by atoms with Crippen molar-refractivity contribution in [3.05, 3.63) is 0 Å². The zero-order valence-electron chi connectivity index (χ0n) is 9.11. The van der Waals surface area contributed by atoms with E-state index in [1.807, 2.05) is 0 Å². The highest BCUT2D eigenvalue weighted by molar-refractivity contribution is 4.79. The van der Waals surface area contributed by atoms with E-state index in [9.17, 15) is 13.2 Å². The van der Waals surface area contributed by atoms with Gasteiger partial charge in [0.05, 0.1) is 6.54 Å². The van der Waals surface area contributed by atoms with Crippen molar-refractivity contribution in [2.24, 2.45) is 0 Å². The quantitative estimate of drug-likeness (QED) is 0.786. The summed E-state index contributed by atoms with van der Waals surface area (Å²) in [6, 6.07) is 0.237. The van der Waals surface area contributed by atoms with Gasteiger partial charge in [0, 0.05) is 12.6 Å². The third-order valence-corrected chi connectivity index (χ3v) is 2.59. The van der Waals surface area contributed by atoms with Crippen LogP contribution < -0.4 is 5.32 Å². The molecule has 1 saturated heterocycles. The van der Waals surface area contributed by atoms with Gasteiger partial charge in [0.1, 0.15) is 0 Å². The molecule has 0 aromatic rings. The second kappa shape index (κ2) is 5.70. The fourth-order valence-corrected chi connectivity index (χ4v) is 1.97. The molecular formula is C10H19F3N2. The molecule has 1 fully saturated rings. The summed E-state index contributed by atoms with van der Waals surface area (Å²) in [4.78, 5) is 1.50. The molecule has 1 aliphatic heterocycles. The Morgan fingerprint density at radius 3 is 2.73 bits per heavy atom. The Kier molecular flexibility index (Phi) is 4.86. The van der Waals surface area contributed by atoms with Gasteiger partial charge < -0.3 is 5.32 Å². The lowest BCUT2D eigenvalue weighted by molar-refractivity contribution is -0.148. The van der Waals surface area contributed by atoms with Crippen LogP contribution in [0, 0.1) is 0 Å². The number of nitrogens with zero attached hydrogens (tertiary/aromatic N) is 1. The molecule has 1 atom stereocenters. The molecule has 0 amide bonds. The predicted octanol–water partition coefficient (Wildman–Crippen LogP) is 2.01. The van der Waals surface area contributed by atoms with Crippen LogP contribution in [0.3, 0.4) is 0 Å². The van der Waals surface area contributed by atoms with Crippen LogP contribution in [0.4, 0.5) is 13.2 Å². The third-order valence-electron chi connectivity index (χ3n) is 2.59. The van der Waals surface area contributed by atoms with E-state index >= 15 is 0 Å². The standard InChI is InChI=1S/C10H19F3N2/c1-2-5-14-9-4-3-6-15(7-9)8-10(11,12)13/h9,14H,2-8H2,1H3. The van der Waals surface area contributed by atoms with E-state index in [1.54, 1.807) is 0 Å². The first-order chi connectivity index (χ1) is 7.01. The van der Waals surface area contributed by atoms with Gasteiger partial charge in [-0.2, -0.15) is 13.2 Å². The molecule has 15 heavy (non-hydrogen) atoms. The zero-order valence-corrected chi connectivity index (χ0v) is 9.11. The number of nitrogens with one attached hydrogen (secondary N) is 1. The molecule has 1 N–H and O–H groups in total. The number of alkyl halides is 3. The minimum atomic E-state index is -4.06. The van der Waals surface area contributed by atoms with Gasteiger partial charge in [0.15, 0.2) is 0 Å². The van der Waals surface area contributed by atoms with Crippen LogP contribution in [0.5, 0.6) is 0 Å². The molecule has 2 nitrogen and oxygen atoms in total. The fraction of sp³-hybridized carbons (Fsp3) is 1.00. The molecule has 5 heteroatoms. The Hall–Kier alpha value is -0.290. The van der Waals surface area contributed by atoms with Crippen LogP contribution in [-0.4, -0.2) is 43.3 Å². The molecule has 90 valence electrons. The average molecular weight is 224 g/mol. The highest BCUT2D eigenvalue weighted by Gasteiger charge is 2.32. The van der Waals surface area contributed by atoms with Crippen LogP contribution in [0.15, 0.2) is 0 Å². The number of piperidine rings is 1. The van der Waals surface area contributed by atoms with Gasteiger partial charge in [-0.05, 0) is 32.4 Å². The minimum Gasteiger partial charge on any atom is -0.313 e. The maximum absolute atomic E-state index is 12.2. The molecule has 1 aliphatic rings. The Labute approximate surface area is 88.8 Å². The summed E-state index contributed by atoms with van der Waals surface area (Å²) >= 11 is 0. The predicted molar refractivity (Wildman–Crippen MR) is 53.8 cm³/mol. The van der Waals surface area contributed by atoms with Crippen LogP contribution in [0.2, 0.25) is 0 Å². The SMILES string of the molecule is CCCNC1CCCN(CC(F)(F)F)C1. The van der Waals surface area contributed by atoms with Crippen LogP contribution in [0.25, 0.3) is 0 Å². The Morgan fingerprint density at radius 2 is 2.13 bits per heavy atom. The van der Waals surface area contributed by atoms with Crippen molar-refractivity contribution >= 4 is 0 Å². The molecule has 0 spiro atoms. The van der Waals surface area contributed by atoms with E-state index < -0.39 is 12.7 Å². The lowest BCUT2D eigenvalue weighted by atomic mass is 10.1. The van der Waals surface area contributed by atoms with E-state index in [-0.39, 0.29) is 6.04 Å². The smallest absolute Gasteiger partial charge is 0.313 e. The number of halogens is 3. The maximum Gasteiger partial charge on any atom is 0.401 e. The summed E-state index contributed by atoms with van der Waals surface area (Å²) in [5.41, 5.74) is 0. The summed E-state index contributed by atoms with van der Waals surface area (Å²) in [5, 5.41) is 3.28. The Morgan fingerprint density at radius 1 is 1.40 bits per heavy atom. The van der Waals surface area contributed by atoms with Crippen molar-refractivity contribution in [2.75, 3.05) is 26.2 Å². The van der Waals surface area contributed by atoms with Crippen LogP contribution in [-0.2, 0) is 0 Å². The van der Waals surface area contributed by atoms with E-state index in [4.69, 9.17) is 0 Å². The first kappa shape index (κ1) is 12.8. The van der Waals surface area contributed by atoms with Crippen LogP contribution in [0.1, 0.15) is 26.2 Å². The fourth-order valence-electron chi connectivity index (χ4n) is 1.97. The first-order valence-corrected chi connectivity index (χ1v) is 5.54. The van der Waals surface area contributed by atoms with Crippen molar-refractivity contribution in [2.45, 2.75) is 38.4 Å². The molecule has 1 rings (SSSR count). The number of rotatable bonds is 4. The van der Waals surface area contributed by atoms with Crippen molar-refractivity contribution in [1.29, 1.82) is 0 Å². The summed E-state index contributed by atoms with van der Waals surface area (Å²) in [5.74, 6) is 0. The van der Waals surface area contributed by atoms with Crippen LogP contribution >= 0.6 is 0 Å². The summed E-state index contributed by atoms with van der Waals surface area (Å²) in [6.07, 6.45) is -1.19. The topological polar surface area (TPSA) is 15.3 Å². The van der Waals surface area contributed by atoms with Gasteiger partial charge in [0.2, 0.25) is 0 Å². The molecule has 1 unspecified atom stereocenters. The van der Waals surface area contributed by atoms with E-state index in [0.29, 0.717) is 13.1 Å². The summed E-state index contributed by atoms with van der Waals surface area (Å²) in [7, 11) is 0. The monoisotopic (exact) mass is 224 g/mol. The third kappa shape index (κ3) is 5.37. The van der Waals surface area contributed by atoms with Crippen molar-refractivity contribution in [3.8, 4) is 0 Å². The lowest BCUT2D eigenvalue weighted by Crippen LogP contribution is -2.48.